The van der Waals surface area contributed by atoms with Gasteiger partial charge in [0.05, 0.1) is 5.92 Å². The second-order valence-corrected chi connectivity index (χ2v) is 4.48. The second-order valence-electron chi connectivity index (χ2n) is 4.48. The standard InChI is InChI=1S/C15H15N3O3/c16-14(19)13-8-11(6-7-17-13)18-9-12(15(20)21)10-4-2-1-3-5-10/h1-8,12H,9H2,(H2,16,19)(H,17,18)(H,20,21). The number of aromatic nitrogens is 1. The van der Waals surface area contributed by atoms with Gasteiger partial charge in [-0.2, -0.15) is 0 Å². The number of hydrogen-bond acceptors (Lipinski definition) is 4. The maximum Gasteiger partial charge on any atom is 0.312 e. The number of aliphatic carboxylic acids is 1. The van der Waals surface area contributed by atoms with E-state index in [1.165, 1.54) is 12.3 Å². The monoisotopic (exact) mass is 285 g/mol. The predicted molar refractivity (Wildman–Crippen MR) is 78.1 cm³/mol. The number of carbonyl (C=O) groups excluding carboxylic acids is 1. The van der Waals surface area contributed by atoms with Gasteiger partial charge in [0.25, 0.3) is 5.91 Å². The first-order valence-corrected chi connectivity index (χ1v) is 6.35. The Kier molecular flexibility index (Phi) is 4.50. The van der Waals surface area contributed by atoms with E-state index in [0.717, 1.165) is 0 Å². The zero-order valence-corrected chi connectivity index (χ0v) is 11.2. The highest BCUT2D eigenvalue weighted by Crippen LogP contribution is 2.17. The van der Waals surface area contributed by atoms with Crippen molar-refractivity contribution >= 4 is 17.6 Å². The van der Waals surface area contributed by atoms with Crippen molar-refractivity contribution in [3.05, 3.63) is 59.9 Å². The molecule has 1 amide bonds. The zero-order chi connectivity index (χ0) is 15.2. The molecule has 0 spiro atoms. The van der Waals surface area contributed by atoms with Crippen molar-refractivity contribution < 1.29 is 14.7 Å². The van der Waals surface area contributed by atoms with E-state index in [-0.39, 0.29) is 12.2 Å². The fraction of sp³-hybridized carbons (Fsp3) is 0.133. The van der Waals surface area contributed by atoms with Gasteiger partial charge in [-0.1, -0.05) is 30.3 Å². The van der Waals surface area contributed by atoms with Crippen LogP contribution in [0.15, 0.2) is 48.7 Å². The van der Waals surface area contributed by atoms with Crippen LogP contribution < -0.4 is 11.1 Å². The number of nitrogens with one attached hydrogen (secondary N) is 1. The largest absolute Gasteiger partial charge is 0.481 e. The Bertz CT molecular complexity index is 644. The van der Waals surface area contributed by atoms with Gasteiger partial charge in [-0.05, 0) is 17.7 Å². The summed E-state index contributed by atoms with van der Waals surface area (Å²) in [5.74, 6) is -2.23. The van der Waals surface area contributed by atoms with Crippen molar-refractivity contribution in [1.82, 2.24) is 4.98 Å². The predicted octanol–water partition coefficient (Wildman–Crippen LogP) is 1.46. The van der Waals surface area contributed by atoms with Gasteiger partial charge in [0.2, 0.25) is 0 Å². The Balaban J connectivity index is 2.11. The molecule has 1 atom stereocenters. The summed E-state index contributed by atoms with van der Waals surface area (Å²) in [5.41, 5.74) is 6.59. The number of carbonyl (C=O) groups is 2. The minimum Gasteiger partial charge on any atom is -0.481 e. The van der Waals surface area contributed by atoms with E-state index in [4.69, 9.17) is 5.73 Å². The molecule has 0 saturated heterocycles. The zero-order valence-electron chi connectivity index (χ0n) is 11.2. The number of pyridine rings is 1. The molecule has 21 heavy (non-hydrogen) atoms. The third-order valence-electron chi connectivity index (χ3n) is 3.02. The van der Waals surface area contributed by atoms with Crippen LogP contribution >= 0.6 is 0 Å². The molecule has 1 aromatic carbocycles. The van der Waals surface area contributed by atoms with E-state index in [2.05, 4.69) is 10.3 Å². The van der Waals surface area contributed by atoms with Crippen LogP contribution in [0, 0.1) is 0 Å². The maximum atomic E-state index is 11.4. The molecule has 1 aromatic heterocycles. The summed E-state index contributed by atoms with van der Waals surface area (Å²) in [6.45, 7) is 0.196. The molecule has 108 valence electrons. The van der Waals surface area contributed by atoms with Crippen LogP contribution in [0.4, 0.5) is 5.69 Å². The SMILES string of the molecule is NC(=O)c1cc(NCC(C(=O)O)c2ccccc2)ccn1. The second kappa shape index (κ2) is 6.51. The lowest BCUT2D eigenvalue weighted by Gasteiger charge is -2.14. The Morgan fingerprint density at radius 2 is 1.95 bits per heavy atom. The summed E-state index contributed by atoms with van der Waals surface area (Å²) < 4.78 is 0. The number of nitrogens with two attached hydrogens (primary N) is 1. The fourth-order valence-electron chi connectivity index (χ4n) is 1.93. The molecule has 1 unspecified atom stereocenters. The lowest BCUT2D eigenvalue weighted by atomic mass is 9.99. The summed E-state index contributed by atoms with van der Waals surface area (Å²) in [5, 5.41) is 12.3. The Labute approximate surface area is 121 Å². The summed E-state index contributed by atoms with van der Waals surface area (Å²) in [7, 11) is 0. The van der Waals surface area contributed by atoms with E-state index in [1.54, 1.807) is 30.3 Å². The normalized spacial score (nSPS) is 11.6. The highest BCUT2D eigenvalue weighted by Gasteiger charge is 2.19. The van der Waals surface area contributed by atoms with E-state index in [0.29, 0.717) is 11.3 Å². The lowest BCUT2D eigenvalue weighted by molar-refractivity contribution is -0.138. The molecule has 0 bridgehead atoms. The topological polar surface area (TPSA) is 105 Å². The van der Waals surface area contributed by atoms with Gasteiger partial charge in [-0.3, -0.25) is 14.6 Å². The van der Waals surface area contributed by atoms with Crippen molar-refractivity contribution in [2.24, 2.45) is 5.73 Å². The average Bonchev–Trinajstić information content (AvgIpc) is 2.48. The van der Waals surface area contributed by atoms with E-state index >= 15 is 0 Å². The quantitative estimate of drug-likeness (QED) is 0.745. The van der Waals surface area contributed by atoms with Gasteiger partial charge in [-0.15, -0.1) is 0 Å². The summed E-state index contributed by atoms with van der Waals surface area (Å²) >= 11 is 0. The number of benzene rings is 1. The Morgan fingerprint density at radius 1 is 1.24 bits per heavy atom. The molecule has 2 rings (SSSR count). The highest BCUT2D eigenvalue weighted by molar-refractivity contribution is 5.91. The molecule has 0 aliphatic rings. The number of anilines is 1. The maximum absolute atomic E-state index is 11.4. The molecule has 4 N–H and O–H groups in total. The van der Waals surface area contributed by atoms with Crippen molar-refractivity contribution in [1.29, 1.82) is 0 Å². The van der Waals surface area contributed by atoms with E-state index < -0.39 is 17.8 Å². The Morgan fingerprint density at radius 3 is 2.57 bits per heavy atom. The third kappa shape index (κ3) is 3.79. The van der Waals surface area contributed by atoms with Crippen LogP contribution in [0.3, 0.4) is 0 Å². The first-order chi connectivity index (χ1) is 10.1. The molecule has 0 radical (unpaired) electrons. The van der Waals surface area contributed by atoms with Crippen LogP contribution in [0.5, 0.6) is 0 Å². The van der Waals surface area contributed by atoms with Gasteiger partial charge in [0, 0.05) is 18.4 Å². The molecule has 0 fully saturated rings. The van der Waals surface area contributed by atoms with Gasteiger partial charge in [0.1, 0.15) is 5.69 Å². The molecule has 0 aliphatic heterocycles. The van der Waals surface area contributed by atoms with Gasteiger partial charge in [0.15, 0.2) is 0 Å². The van der Waals surface area contributed by atoms with E-state index in [9.17, 15) is 14.7 Å². The molecular weight excluding hydrogens is 270 g/mol. The van der Waals surface area contributed by atoms with Crippen molar-refractivity contribution in [2.75, 3.05) is 11.9 Å². The molecule has 0 saturated carbocycles. The molecule has 2 aromatic rings. The van der Waals surface area contributed by atoms with Gasteiger partial charge in [-0.25, -0.2) is 0 Å². The molecular formula is C15H15N3O3. The number of carboxylic acids is 1. The lowest BCUT2D eigenvalue weighted by Crippen LogP contribution is -2.21. The van der Waals surface area contributed by atoms with Crippen LogP contribution in [-0.2, 0) is 4.79 Å². The number of amides is 1. The number of rotatable bonds is 6. The molecule has 1 heterocycles. The number of hydrogen-bond donors (Lipinski definition) is 3. The Hall–Kier alpha value is -2.89. The molecule has 0 aliphatic carbocycles. The molecule has 6 heteroatoms. The minimum atomic E-state index is -0.919. The van der Waals surface area contributed by atoms with E-state index in [1.807, 2.05) is 6.07 Å². The number of nitrogens with zero attached hydrogens (tertiary/aromatic N) is 1. The number of carboxylic acid groups (broad SMARTS) is 1. The van der Waals surface area contributed by atoms with Crippen LogP contribution in [-0.4, -0.2) is 28.5 Å². The summed E-state index contributed by atoms with van der Waals surface area (Å²) in [6.07, 6.45) is 1.45. The van der Waals surface area contributed by atoms with Crippen LogP contribution in [0.1, 0.15) is 22.0 Å². The van der Waals surface area contributed by atoms with Crippen molar-refractivity contribution in [2.45, 2.75) is 5.92 Å². The number of primary amides is 1. The smallest absolute Gasteiger partial charge is 0.312 e. The van der Waals surface area contributed by atoms with Crippen molar-refractivity contribution in [3.8, 4) is 0 Å². The van der Waals surface area contributed by atoms with Gasteiger partial charge >= 0.3 is 5.97 Å². The van der Waals surface area contributed by atoms with Gasteiger partial charge < -0.3 is 16.2 Å². The highest BCUT2D eigenvalue weighted by atomic mass is 16.4. The van der Waals surface area contributed by atoms with Crippen molar-refractivity contribution in [3.63, 3.8) is 0 Å². The first kappa shape index (κ1) is 14.5. The molecule has 6 nitrogen and oxygen atoms in total. The minimum absolute atomic E-state index is 0.131. The summed E-state index contributed by atoms with van der Waals surface area (Å²) in [4.78, 5) is 26.3. The van der Waals surface area contributed by atoms with Crippen LogP contribution in [0.2, 0.25) is 0 Å². The third-order valence-corrected chi connectivity index (χ3v) is 3.02. The average molecular weight is 285 g/mol. The first-order valence-electron chi connectivity index (χ1n) is 6.35. The fourth-order valence-corrected chi connectivity index (χ4v) is 1.93. The van der Waals surface area contributed by atoms with Crippen LogP contribution in [0.25, 0.3) is 0 Å². The summed E-state index contributed by atoms with van der Waals surface area (Å²) in [6, 6.07) is 12.1.